The number of likely N-dealkylation sites (N-methyl/N-ethyl adjacent to an activating group) is 1. The van der Waals surface area contributed by atoms with Crippen LogP contribution in [0.5, 0.6) is 0 Å². The van der Waals surface area contributed by atoms with Crippen molar-refractivity contribution in [3.63, 3.8) is 0 Å². The van der Waals surface area contributed by atoms with Crippen LogP contribution in [0.2, 0.25) is 0 Å². The van der Waals surface area contributed by atoms with Gasteiger partial charge in [0, 0.05) is 64.0 Å². The average molecular weight is 409 g/mol. The van der Waals surface area contributed by atoms with Crippen molar-refractivity contribution in [1.82, 2.24) is 19.8 Å². The van der Waals surface area contributed by atoms with Crippen molar-refractivity contribution in [2.24, 2.45) is 0 Å². The first-order valence-corrected chi connectivity index (χ1v) is 10.8. The number of hydrogen-bond acceptors (Lipinski definition) is 6. The standard InChI is InChI=1S/C23H32N6O/c1-17-5-6-20(18(2)15-17)23(30)29-13-11-28(12-14-29)22-16-21(24-19(3)25-22)27-9-7-26(4)8-10-27/h5-6,15-16H,7-14H2,1-4H3. The minimum Gasteiger partial charge on any atom is -0.354 e. The van der Waals surface area contributed by atoms with E-state index in [0.717, 1.165) is 67.9 Å². The highest BCUT2D eigenvalue weighted by atomic mass is 16.2. The molecule has 0 spiro atoms. The zero-order valence-electron chi connectivity index (χ0n) is 18.6. The van der Waals surface area contributed by atoms with E-state index in [9.17, 15) is 4.79 Å². The van der Waals surface area contributed by atoms with Crippen LogP contribution < -0.4 is 9.80 Å². The molecule has 0 unspecified atom stereocenters. The van der Waals surface area contributed by atoms with Gasteiger partial charge in [0.1, 0.15) is 17.5 Å². The van der Waals surface area contributed by atoms with E-state index in [1.807, 2.05) is 30.9 Å². The number of carbonyl (C=O) groups excluding carboxylic acids is 1. The lowest BCUT2D eigenvalue weighted by Crippen LogP contribution is -2.49. The summed E-state index contributed by atoms with van der Waals surface area (Å²) < 4.78 is 0. The van der Waals surface area contributed by atoms with Gasteiger partial charge in [-0.2, -0.15) is 0 Å². The monoisotopic (exact) mass is 408 g/mol. The molecule has 0 aliphatic carbocycles. The van der Waals surface area contributed by atoms with Gasteiger partial charge in [-0.05, 0) is 39.4 Å². The highest BCUT2D eigenvalue weighted by Gasteiger charge is 2.25. The molecule has 3 heterocycles. The van der Waals surface area contributed by atoms with Gasteiger partial charge in [0.15, 0.2) is 0 Å². The molecule has 7 nitrogen and oxygen atoms in total. The molecule has 0 radical (unpaired) electrons. The van der Waals surface area contributed by atoms with E-state index in [4.69, 9.17) is 4.98 Å². The number of hydrogen-bond donors (Lipinski definition) is 0. The molecule has 0 bridgehead atoms. The van der Waals surface area contributed by atoms with Crippen LogP contribution in [0.25, 0.3) is 0 Å². The minimum absolute atomic E-state index is 0.129. The molecule has 2 aliphatic rings. The molecular weight excluding hydrogens is 376 g/mol. The van der Waals surface area contributed by atoms with Crippen LogP contribution in [0, 0.1) is 20.8 Å². The van der Waals surface area contributed by atoms with Crippen LogP contribution in [0.4, 0.5) is 11.6 Å². The lowest BCUT2D eigenvalue weighted by Gasteiger charge is -2.37. The highest BCUT2D eigenvalue weighted by molar-refractivity contribution is 5.95. The van der Waals surface area contributed by atoms with Crippen molar-refractivity contribution in [1.29, 1.82) is 0 Å². The molecule has 0 atom stereocenters. The molecule has 2 aromatic rings. The van der Waals surface area contributed by atoms with Crippen molar-refractivity contribution in [3.8, 4) is 0 Å². The Labute approximate surface area is 179 Å². The summed E-state index contributed by atoms with van der Waals surface area (Å²) in [5, 5.41) is 0. The first kappa shape index (κ1) is 20.6. The van der Waals surface area contributed by atoms with Gasteiger partial charge >= 0.3 is 0 Å². The van der Waals surface area contributed by atoms with Crippen molar-refractivity contribution in [2.75, 3.05) is 69.2 Å². The number of anilines is 2. The number of benzene rings is 1. The predicted molar refractivity (Wildman–Crippen MR) is 121 cm³/mol. The second-order valence-electron chi connectivity index (χ2n) is 8.52. The van der Waals surface area contributed by atoms with E-state index in [1.165, 1.54) is 5.56 Å². The summed E-state index contributed by atoms with van der Waals surface area (Å²) in [7, 11) is 2.16. The second-order valence-corrected chi connectivity index (χ2v) is 8.52. The molecule has 0 N–H and O–H groups in total. The van der Waals surface area contributed by atoms with E-state index in [1.54, 1.807) is 0 Å². The molecule has 2 saturated heterocycles. The van der Waals surface area contributed by atoms with Crippen molar-refractivity contribution in [2.45, 2.75) is 20.8 Å². The van der Waals surface area contributed by atoms with E-state index in [-0.39, 0.29) is 5.91 Å². The zero-order chi connectivity index (χ0) is 21.3. The number of amides is 1. The Balaban J connectivity index is 1.43. The number of nitrogens with zero attached hydrogens (tertiary/aromatic N) is 6. The van der Waals surface area contributed by atoms with E-state index < -0.39 is 0 Å². The topological polar surface area (TPSA) is 55.8 Å². The number of carbonyl (C=O) groups is 1. The van der Waals surface area contributed by atoms with Gasteiger partial charge in [0.2, 0.25) is 0 Å². The van der Waals surface area contributed by atoms with Gasteiger partial charge in [0.25, 0.3) is 5.91 Å². The predicted octanol–water partition coefficient (Wildman–Crippen LogP) is 2.12. The molecule has 160 valence electrons. The Kier molecular flexibility index (Phi) is 5.90. The van der Waals surface area contributed by atoms with Gasteiger partial charge in [-0.1, -0.05) is 17.7 Å². The van der Waals surface area contributed by atoms with Gasteiger partial charge in [0.05, 0.1) is 0 Å². The van der Waals surface area contributed by atoms with Crippen molar-refractivity contribution < 1.29 is 4.79 Å². The summed E-state index contributed by atoms with van der Waals surface area (Å²) >= 11 is 0. The fraction of sp³-hybridized carbons (Fsp3) is 0.522. The maximum absolute atomic E-state index is 13.0. The van der Waals surface area contributed by atoms with Crippen LogP contribution in [-0.2, 0) is 0 Å². The summed E-state index contributed by atoms with van der Waals surface area (Å²) in [6.45, 7) is 13.1. The fourth-order valence-electron chi connectivity index (χ4n) is 4.26. The fourth-order valence-corrected chi connectivity index (χ4v) is 4.26. The third-order valence-electron chi connectivity index (χ3n) is 6.14. The van der Waals surface area contributed by atoms with Crippen LogP contribution in [0.1, 0.15) is 27.3 Å². The molecule has 30 heavy (non-hydrogen) atoms. The number of piperazine rings is 2. The normalized spacial score (nSPS) is 18.1. The number of aromatic nitrogens is 2. The molecule has 1 aromatic carbocycles. The summed E-state index contributed by atoms with van der Waals surface area (Å²) in [4.78, 5) is 31.3. The number of rotatable bonds is 3. The quantitative estimate of drug-likeness (QED) is 0.776. The van der Waals surface area contributed by atoms with Crippen LogP contribution >= 0.6 is 0 Å². The Morgan fingerprint density at radius 2 is 1.37 bits per heavy atom. The largest absolute Gasteiger partial charge is 0.354 e. The van der Waals surface area contributed by atoms with Crippen molar-refractivity contribution >= 4 is 17.5 Å². The van der Waals surface area contributed by atoms with Crippen molar-refractivity contribution in [3.05, 3.63) is 46.8 Å². The molecule has 2 fully saturated rings. The summed E-state index contributed by atoms with van der Waals surface area (Å²) in [5.74, 6) is 2.91. The van der Waals surface area contributed by atoms with E-state index in [0.29, 0.717) is 13.1 Å². The zero-order valence-corrected chi connectivity index (χ0v) is 18.6. The Morgan fingerprint density at radius 1 is 0.800 bits per heavy atom. The van der Waals surface area contributed by atoms with Gasteiger partial charge in [-0.3, -0.25) is 4.79 Å². The number of aryl methyl sites for hydroxylation is 3. The van der Waals surface area contributed by atoms with Crippen LogP contribution in [0.3, 0.4) is 0 Å². The summed E-state index contributed by atoms with van der Waals surface area (Å²) in [6, 6.07) is 8.16. The maximum atomic E-state index is 13.0. The van der Waals surface area contributed by atoms with Crippen LogP contribution in [0.15, 0.2) is 24.3 Å². The van der Waals surface area contributed by atoms with Crippen LogP contribution in [-0.4, -0.2) is 85.1 Å². The van der Waals surface area contributed by atoms with Gasteiger partial charge < -0.3 is 19.6 Å². The summed E-state index contributed by atoms with van der Waals surface area (Å²) in [6.07, 6.45) is 0. The smallest absolute Gasteiger partial charge is 0.254 e. The van der Waals surface area contributed by atoms with E-state index in [2.05, 4.69) is 45.8 Å². The van der Waals surface area contributed by atoms with E-state index >= 15 is 0 Å². The summed E-state index contributed by atoms with van der Waals surface area (Å²) in [5.41, 5.74) is 3.04. The lowest BCUT2D eigenvalue weighted by atomic mass is 10.0. The molecule has 0 saturated carbocycles. The molecule has 1 amide bonds. The third-order valence-corrected chi connectivity index (χ3v) is 6.14. The highest BCUT2D eigenvalue weighted by Crippen LogP contribution is 2.22. The second kappa shape index (κ2) is 8.60. The Bertz CT molecular complexity index is 914. The third kappa shape index (κ3) is 4.41. The van der Waals surface area contributed by atoms with Gasteiger partial charge in [-0.15, -0.1) is 0 Å². The molecule has 1 aromatic heterocycles. The SMILES string of the molecule is Cc1ccc(C(=O)N2CCN(c3cc(N4CCN(C)CC4)nc(C)n3)CC2)c(C)c1. The Morgan fingerprint density at radius 3 is 1.93 bits per heavy atom. The maximum Gasteiger partial charge on any atom is 0.254 e. The molecule has 4 rings (SSSR count). The lowest BCUT2D eigenvalue weighted by molar-refractivity contribution is 0.0745. The van der Waals surface area contributed by atoms with Gasteiger partial charge in [-0.25, -0.2) is 9.97 Å². The minimum atomic E-state index is 0.129. The molecule has 2 aliphatic heterocycles. The molecule has 7 heteroatoms. The first-order chi connectivity index (χ1) is 14.4. The Hall–Kier alpha value is -2.67. The first-order valence-electron chi connectivity index (χ1n) is 10.8. The average Bonchev–Trinajstić information content (AvgIpc) is 2.73. The molecular formula is C23H32N6O.